The summed E-state index contributed by atoms with van der Waals surface area (Å²) in [6, 6.07) is 3.62. The van der Waals surface area contributed by atoms with E-state index in [-0.39, 0.29) is 18.6 Å². The van der Waals surface area contributed by atoms with Gasteiger partial charge in [0, 0.05) is 24.9 Å². The summed E-state index contributed by atoms with van der Waals surface area (Å²) in [4.78, 5) is 15.3. The lowest BCUT2D eigenvalue weighted by molar-refractivity contribution is -0.121. The molecule has 4 heteroatoms. The third-order valence-electron chi connectivity index (χ3n) is 2.04. The van der Waals surface area contributed by atoms with E-state index < -0.39 is 0 Å². The van der Waals surface area contributed by atoms with Gasteiger partial charge in [-0.15, -0.1) is 0 Å². The van der Waals surface area contributed by atoms with Crippen LogP contribution in [-0.4, -0.2) is 28.6 Å². The van der Waals surface area contributed by atoms with Crippen molar-refractivity contribution in [2.75, 3.05) is 6.61 Å². The molecule has 1 atom stereocenters. The molecule has 2 N–H and O–H groups in total. The van der Waals surface area contributed by atoms with Crippen molar-refractivity contribution in [2.45, 2.75) is 25.8 Å². The molecule has 0 fully saturated rings. The summed E-state index contributed by atoms with van der Waals surface area (Å²) in [7, 11) is 0. The molecule has 4 nitrogen and oxygen atoms in total. The number of aromatic nitrogens is 1. The molecule has 0 saturated carbocycles. The fourth-order valence-corrected chi connectivity index (χ4v) is 1.20. The molecule has 0 aliphatic carbocycles. The van der Waals surface area contributed by atoms with Crippen LogP contribution in [0, 0.1) is 0 Å². The van der Waals surface area contributed by atoms with E-state index in [9.17, 15) is 4.79 Å². The van der Waals surface area contributed by atoms with Crippen molar-refractivity contribution >= 4 is 5.91 Å². The van der Waals surface area contributed by atoms with Gasteiger partial charge in [-0.2, -0.15) is 0 Å². The second kappa shape index (κ2) is 6.14. The number of carbonyl (C=O) groups is 1. The lowest BCUT2D eigenvalue weighted by Crippen LogP contribution is -2.35. The standard InChI is InChI=1S/C11H16N2O2/c1-9(8-14)13-11(15)5-4-10-3-2-6-12-7-10/h2-3,6-7,9,14H,4-5,8H2,1H3,(H,13,15). The number of aliphatic hydroxyl groups excluding tert-OH is 1. The number of rotatable bonds is 5. The van der Waals surface area contributed by atoms with Gasteiger partial charge in [-0.3, -0.25) is 9.78 Å². The third kappa shape index (κ3) is 4.56. The van der Waals surface area contributed by atoms with E-state index in [4.69, 9.17) is 5.11 Å². The van der Waals surface area contributed by atoms with Crippen LogP contribution in [0.3, 0.4) is 0 Å². The highest BCUT2D eigenvalue weighted by atomic mass is 16.3. The zero-order chi connectivity index (χ0) is 11.1. The molecular weight excluding hydrogens is 192 g/mol. The average molecular weight is 208 g/mol. The van der Waals surface area contributed by atoms with Gasteiger partial charge in [-0.05, 0) is 25.0 Å². The third-order valence-corrected chi connectivity index (χ3v) is 2.04. The Morgan fingerprint density at radius 1 is 1.67 bits per heavy atom. The van der Waals surface area contributed by atoms with E-state index in [1.54, 1.807) is 19.3 Å². The molecule has 0 aliphatic rings. The SMILES string of the molecule is CC(CO)NC(=O)CCc1cccnc1. The van der Waals surface area contributed by atoms with E-state index in [1.165, 1.54) is 0 Å². The molecular formula is C11H16N2O2. The van der Waals surface area contributed by atoms with Gasteiger partial charge in [0.05, 0.1) is 6.61 Å². The van der Waals surface area contributed by atoms with E-state index >= 15 is 0 Å². The van der Waals surface area contributed by atoms with Crippen LogP contribution in [0.15, 0.2) is 24.5 Å². The van der Waals surface area contributed by atoms with Crippen molar-refractivity contribution in [1.82, 2.24) is 10.3 Å². The number of aliphatic hydroxyl groups is 1. The predicted octanol–water partition coefficient (Wildman–Crippen LogP) is 0.511. The molecule has 1 unspecified atom stereocenters. The highest BCUT2D eigenvalue weighted by Crippen LogP contribution is 2.00. The summed E-state index contributed by atoms with van der Waals surface area (Å²) in [5, 5.41) is 11.4. The second-order valence-corrected chi connectivity index (χ2v) is 3.51. The molecule has 1 aromatic heterocycles. The fraction of sp³-hybridized carbons (Fsp3) is 0.455. The van der Waals surface area contributed by atoms with Gasteiger partial charge >= 0.3 is 0 Å². The number of hydrogen-bond donors (Lipinski definition) is 2. The smallest absolute Gasteiger partial charge is 0.220 e. The fourth-order valence-electron chi connectivity index (χ4n) is 1.20. The summed E-state index contributed by atoms with van der Waals surface area (Å²) in [5.41, 5.74) is 1.05. The van der Waals surface area contributed by atoms with Crippen LogP contribution in [0.2, 0.25) is 0 Å². The predicted molar refractivity (Wildman–Crippen MR) is 57.2 cm³/mol. The highest BCUT2D eigenvalue weighted by molar-refractivity contribution is 5.76. The molecule has 0 spiro atoms. The Hall–Kier alpha value is -1.42. The van der Waals surface area contributed by atoms with Gasteiger partial charge in [-0.25, -0.2) is 0 Å². The number of aryl methyl sites for hydroxylation is 1. The van der Waals surface area contributed by atoms with Gasteiger partial charge in [0.15, 0.2) is 0 Å². The van der Waals surface area contributed by atoms with Crippen molar-refractivity contribution in [1.29, 1.82) is 0 Å². The van der Waals surface area contributed by atoms with Crippen molar-refractivity contribution in [2.24, 2.45) is 0 Å². The first-order valence-electron chi connectivity index (χ1n) is 5.01. The molecule has 1 rings (SSSR count). The van der Waals surface area contributed by atoms with Crippen LogP contribution in [0.4, 0.5) is 0 Å². The summed E-state index contributed by atoms with van der Waals surface area (Å²) < 4.78 is 0. The Morgan fingerprint density at radius 3 is 3.07 bits per heavy atom. The van der Waals surface area contributed by atoms with Crippen LogP contribution in [0.1, 0.15) is 18.9 Å². The molecule has 0 saturated heterocycles. The molecule has 82 valence electrons. The maximum atomic E-state index is 11.3. The van der Waals surface area contributed by atoms with Crippen molar-refractivity contribution in [3.63, 3.8) is 0 Å². The Kier molecular flexibility index (Phi) is 4.77. The lowest BCUT2D eigenvalue weighted by atomic mass is 10.1. The van der Waals surface area contributed by atoms with Gasteiger partial charge in [0.1, 0.15) is 0 Å². The zero-order valence-corrected chi connectivity index (χ0v) is 8.81. The zero-order valence-electron chi connectivity index (χ0n) is 8.81. The normalized spacial score (nSPS) is 12.1. The highest BCUT2D eigenvalue weighted by Gasteiger charge is 2.05. The first kappa shape index (κ1) is 11.7. The lowest BCUT2D eigenvalue weighted by Gasteiger charge is -2.10. The van der Waals surface area contributed by atoms with E-state index in [1.807, 2.05) is 12.1 Å². The molecule has 0 radical (unpaired) electrons. The number of amides is 1. The first-order valence-corrected chi connectivity index (χ1v) is 5.01. The van der Waals surface area contributed by atoms with Gasteiger partial charge in [-0.1, -0.05) is 6.07 Å². The van der Waals surface area contributed by atoms with Crippen molar-refractivity contribution in [3.05, 3.63) is 30.1 Å². The number of nitrogens with zero attached hydrogens (tertiary/aromatic N) is 1. The minimum absolute atomic E-state index is 0.0291. The average Bonchev–Trinajstić information content (AvgIpc) is 2.27. The number of carbonyl (C=O) groups excluding carboxylic acids is 1. The Bertz CT molecular complexity index is 301. The molecule has 0 aromatic carbocycles. The number of hydrogen-bond acceptors (Lipinski definition) is 3. The number of pyridine rings is 1. The molecule has 1 aromatic rings. The summed E-state index contributed by atoms with van der Waals surface area (Å²) in [6.07, 6.45) is 4.56. The molecule has 0 bridgehead atoms. The van der Waals surface area contributed by atoms with E-state index in [2.05, 4.69) is 10.3 Å². The quantitative estimate of drug-likeness (QED) is 0.741. The maximum Gasteiger partial charge on any atom is 0.220 e. The topological polar surface area (TPSA) is 62.2 Å². The summed E-state index contributed by atoms with van der Waals surface area (Å²) >= 11 is 0. The minimum Gasteiger partial charge on any atom is -0.394 e. The van der Waals surface area contributed by atoms with Crippen LogP contribution in [0.25, 0.3) is 0 Å². The minimum atomic E-state index is -0.175. The van der Waals surface area contributed by atoms with Gasteiger partial charge in [0.25, 0.3) is 0 Å². The summed E-state index contributed by atoms with van der Waals surface area (Å²) in [6.45, 7) is 1.74. The monoisotopic (exact) mass is 208 g/mol. The largest absolute Gasteiger partial charge is 0.394 e. The summed E-state index contributed by atoms with van der Waals surface area (Å²) in [5.74, 6) is -0.0413. The van der Waals surface area contributed by atoms with Gasteiger partial charge in [0.2, 0.25) is 5.91 Å². The van der Waals surface area contributed by atoms with Gasteiger partial charge < -0.3 is 10.4 Å². The second-order valence-electron chi connectivity index (χ2n) is 3.51. The van der Waals surface area contributed by atoms with Crippen LogP contribution in [-0.2, 0) is 11.2 Å². The van der Waals surface area contributed by atoms with Crippen molar-refractivity contribution < 1.29 is 9.90 Å². The van der Waals surface area contributed by atoms with Crippen LogP contribution < -0.4 is 5.32 Å². The van der Waals surface area contributed by atoms with Crippen molar-refractivity contribution in [3.8, 4) is 0 Å². The van der Waals surface area contributed by atoms with E-state index in [0.29, 0.717) is 12.8 Å². The van der Waals surface area contributed by atoms with Crippen LogP contribution >= 0.6 is 0 Å². The Balaban J connectivity index is 2.29. The molecule has 15 heavy (non-hydrogen) atoms. The Labute approximate surface area is 89.3 Å². The number of nitrogens with one attached hydrogen (secondary N) is 1. The molecule has 1 heterocycles. The van der Waals surface area contributed by atoms with E-state index in [0.717, 1.165) is 5.56 Å². The maximum absolute atomic E-state index is 11.3. The Morgan fingerprint density at radius 2 is 2.47 bits per heavy atom. The van der Waals surface area contributed by atoms with Crippen LogP contribution in [0.5, 0.6) is 0 Å². The molecule has 1 amide bonds. The first-order chi connectivity index (χ1) is 7.22. The molecule has 0 aliphatic heterocycles.